The summed E-state index contributed by atoms with van der Waals surface area (Å²) in [6, 6.07) is 83.5. The number of nitrogens with zero attached hydrogens (tertiary/aromatic N) is 2. The first kappa shape index (κ1) is 38.7. The van der Waals surface area contributed by atoms with Gasteiger partial charge in [-0.15, -0.1) is 0 Å². The van der Waals surface area contributed by atoms with Crippen LogP contribution in [0.3, 0.4) is 0 Å². The molecule has 3 N–H and O–H groups in total. The van der Waals surface area contributed by atoms with Gasteiger partial charge in [0.1, 0.15) is 12.0 Å². The fraction of sp³-hybridized carbons (Fsp3) is 0.0317. The van der Waals surface area contributed by atoms with Crippen LogP contribution in [0, 0.1) is 0 Å². The summed E-state index contributed by atoms with van der Waals surface area (Å²) < 4.78 is 0. The molecule has 0 aromatic heterocycles. The second-order valence-corrected chi connectivity index (χ2v) is 17.7. The van der Waals surface area contributed by atoms with Crippen molar-refractivity contribution in [1.29, 1.82) is 0 Å². The van der Waals surface area contributed by atoms with Crippen LogP contribution in [0.15, 0.2) is 248 Å². The summed E-state index contributed by atoms with van der Waals surface area (Å²) in [5.74, 6) is 0.469. The smallest absolute Gasteiger partial charge is 0.147 e. The van der Waals surface area contributed by atoms with E-state index in [2.05, 4.69) is 235 Å². The third-order valence-electron chi connectivity index (χ3n) is 14.1. The first-order chi connectivity index (χ1) is 33.2. The average molecular weight is 857 g/mol. The van der Waals surface area contributed by atoms with Crippen LogP contribution in [0.5, 0.6) is 0 Å². The molecule has 1 atom stereocenters. The molecule has 10 aromatic rings. The van der Waals surface area contributed by atoms with Crippen LogP contribution in [-0.2, 0) is 5.41 Å². The summed E-state index contributed by atoms with van der Waals surface area (Å²) in [7, 11) is 0. The number of anilines is 3. The molecule has 316 valence electrons. The van der Waals surface area contributed by atoms with Gasteiger partial charge in [0.25, 0.3) is 0 Å². The van der Waals surface area contributed by atoms with Crippen LogP contribution >= 0.6 is 0 Å². The largest absolute Gasteiger partial charge is 0.383 e. The third kappa shape index (κ3) is 5.96. The molecule has 67 heavy (non-hydrogen) atoms. The number of para-hydroxylation sites is 3. The average Bonchev–Trinajstić information content (AvgIpc) is 3.71. The predicted molar refractivity (Wildman–Crippen MR) is 279 cm³/mol. The highest BCUT2D eigenvalue weighted by Crippen LogP contribution is 2.66. The quantitative estimate of drug-likeness (QED) is 0.0995. The molecule has 0 radical (unpaired) electrons. The van der Waals surface area contributed by atoms with Crippen molar-refractivity contribution >= 4 is 55.6 Å². The van der Waals surface area contributed by atoms with E-state index >= 15 is 0 Å². The van der Waals surface area contributed by atoms with Gasteiger partial charge < -0.3 is 16.0 Å². The topological polar surface area (TPSA) is 53.6 Å². The van der Waals surface area contributed by atoms with E-state index in [1.54, 1.807) is 0 Å². The zero-order valence-corrected chi connectivity index (χ0v) is 36.6. The van der Waals surface area contributed by atoms with E-state index in [-0.39, 0.29) is 6.17 Å². The van der Waals surface area contributed by atoms with E-state index in [1.165, 1.54) is 66.3 Å². The van der Waals surface area contributed by atoms with Crippen molar-refractivity contribution in [3.05, 3.63) is 282 Å². The molecular weight excluding hydrogens is 813 g/mol. The number of dihydropyridines is 1. The number of hydrogen-bond donors (Lipinski definition) is 2. The van der Waals surface area contributed by atoms with Gasteiger partial charge in [-0.2, -0.15) is 0 Å². The van der Waals surface area contributed by atoms with Gasteiger partial charge in [-0.3, -0.25) is 0 Å². The molecule has 4 nitrogen and oxygen atoms in total. The molecule has 13 rings (SSSR count). The molecule has 1 unspecified atom stereocenters. The molecule has 1 aliphatic carbocycles. The summed E-state index contributed by atoms with van der Waals surface area (Å²) in [6.45, 7) is 0. The molecule has 0 amide bonds. The van der Waals surface area contributed by atoms with Crippen molar-refractivity contribution in [2.24, 2.45) is 10.7 Å². The summed E-state index contributed by atoms with van der Waals surface area (Å²) >= 11 is 0. The molecule has 1 spiro atoms. The van der Waals surface area contributed by atoms with Crippen LogP contribution in [0.1, 0.15) is 38.9 Å². The highest BCUT2D eigenvalue weighted by Gasteiger charge is 2.53. The summed E-state index contributed by atoms with van der Waals surface area (Å²) in [5, 5.41) is 8.64. The number of benzene rings is 10. The Balaban J connectivity index is 1.00. The minimum atomic E-state index is -0.653. The number of amidine groups is 1. The Morgan fingerprint density at radius 1 is 0.478 bits per heavy atom. The highest BCUT2D eigenvalue weighted by atomic mass is 15.2. The van der Waals surface area contributed by atoms with Crippen LogP contribution in [0.25, 0.3) is 54.9 Å². The highest BCUT2D eigenvalue weighted by molar-refractivity contribution is 6.20. The van der Waals surface area contributed by atoms with Crippen LogP contribution < -0.4 is 16.0 Å². The standard InChI is InChI=1S/C63H44N4/c64-61(66-62-53(42-21-6-2-7-22-42)38-46(40-65-62)41-19-4-1-5-20-41)45-24-18-23-43(37-45)44-35-36-52-56(39-44)63(60-51-30-13-11-28-49(51)48-27-10-12-29-50(48)59(52)60)54-31-14-16-33-57(54)67(47-25-8-3-9-26-47)58-34-17-15-32-55(58)63/h1-40,62,65H,(H2,64,66). The molecule has 4 heteroatoms. The normalized spacial score (nSPS) is 15.6. The molecule has 0 saturated carbocycles. The Hall–Kier alpha value is -8.73. The molecule has 3 aliphatic rings. The Morgan fingerprint density at radius 2 is 1.03 bits per heavy atom. The van der Waals surface area contributed by atoms with E-state index in [9.17, 15) is 0 Å². The maximum atomic E-state index is 7.05. The van der Waals surface area contributed by atoms with Crippen LogP contribution in [0.4, 0.5) is 17.1 Å². The van der Waals surface area contributed by atoms with Gasteiger partial charge in [0.15, 0.2) is 0 Å². The number of fused-ring (bicyclic) bond motifs is 14. The lowest BCUT2D eigenvalue weighted by atomic mass is 9.63. The van der Waals surface area contributed by atoms with E-state index in [0.717, 1.165) is 44.7 Å². The van der Waals surface area contributed by atoms with Gasteiger partial charge in [0, 0.05) is 23.0 Å². The lowest BCUT2D eigenvalue weighted by Crippen LogP contribution is -2.36. The van der Waals surface area contributed by atoms with Crippen LogP contribution in [0.2, 0.25) is 0 Å². The number of nitrogens with one attached hydrogen (secondary N) is 1. The Kier molecular flexibility index (Phi) is 8.94. The van der Waals surface area contributed by atoms with Crippen molar-refractivity contribution in [1.82, 2.24) is 5.32 Å². The summed E-state index contributed by atoms with van der Waals surface area (Å²) in [4.78, 5) is 7.63. The van der Waals surface area contributed by atoms with Crippen molar-refractivity contribution in [2.75, 3.05) is 4.90 Å². The van der Waals surface area contributed by atoms with Crippen molar-refractivity contribution in [3.63, 3.8) is 0 Å². The Labute approximate surface area is 390 Å². The Bertz CT molecular complexity index is 3630. The van der Waals surface area contributed by atoms with Gasteiger partial charge in [0.05, 0.1) is 16.8 Å². The zero-order valence-electron chi connectivity index (χ0n) is 36.6. The molecule has 0 bridgehead atoms. The van der Waals surface area contributed by atoms with E-state index in [1.807, 2.05) is 18.3 Å². The SMILES string of the molecule is NC(=NC1NC=C(c2ccccc2)C=C1c1ccccc1)c1cccc(-c2ccc3c(c2)C2(c4ccccc4N(c4ccccc4)c4ccccc42)c2c-3c3ccccc3c3ccccc23)c1. The first-order valence-electron chi connectivity index (χ1n) is 23.0. The van der Waals surface area contributed by atoms with Gasteiger partial charge in [-0.05, 0) is 125 Å². The number of rotatable bonds is 6. The fourth-order valence-corrected chi connectivity index (χ4v) is 11.3. The van der Waals surface area contributed by atoms with E-state index in [0.29, 0.717) is 5.84 Å². The molecule has 2 heterocycles. The lowest BCUT2D eigenvalue weighted by Gasteiger charge is -2.45. The van der Waals surface area contributed by atoms with Crippen molar-refractivity contribution in [2.45, 2.75) is 11.6 Å². The fourth-order valence-electron chi connectivity index (χ4n) is 11.3. The zero-order chi connectivity index (χ0) is 44.5. The van der Waals surface area contributed by atoms with E-state index in [4.69, 9.17) is 10.7 Å². The molecule has 10 aromatic carbocycles. The second-order valence-electron chi connectivity index (χ2n) is 17.7. The van der Waals surface area contributed by atoms with Crippen LogP contribution in [-0.4, -0.2) is 12.0 Å². The minimum Gasteiger partial charge on any atom is -0.383 e. The summed E-state index contributed by atoms with van der Waals surface area (Å²) in [6.07, 6.45) is 3.90. The number of aliphatic imine (C=N–C) groups is 1. The molecule has 0 saturated heterocycles. The maximum absolute atomic E-state index is 7.05. The lowest BCUT2D eigenvalue weighted by molar-refractivity contribution is 0.749. The van der Waals surface area contributed by atoms with Gasteiger partial charge >= 0.3 is 0 Å². The summed E-state index contributed by atoms with van der Waals surface area (Å²) in [5.41, 5.74) is 25.0. The monoisotopic (exact) mass is 856 g/mol. The Morgan fingerprint density at radius 3 is 1.73 bits per heavy atom. The number of allylic oxidation sites excluding steroid dienone is 2. The number of hydrogen-bond acceptors (Lipinski definition) is 3. The third-order valence-corrected chi connectivity index (χ3v) is 14.1. The molecule has 0 fully saturated rings. The van der Waals surface area contributed by atoms with E-state index < -0.39 is 5.41 Å². The van der Waals surface area contributed by atoms with Gasteiger partial charge in [-0.1, -0.05) is 194 Å². The first-order valence-corrected chi connectivity index (χ1v) is 23.0. The maximum Gasteiger partial charge on any atom is 0.147 e. The number of nitrogens with two attached hydrogens (primary N) is 1. The molecular formula is C63H44N4. The van der Waals surface area contributed by atoms with Gasteiger partial charge in [-0.25, -0.2) is 4.99 Å². The van der Waals surface area contributed by atoms with Gasteiger partial charge in [0.2, 0.25) is 0 Å². The second kappa shape index (κ2) is 15.5. The molecule has 2 aliphatic heterocycles. The van der Waals surface area contributed by atoms with Crippen molar-refractivity contribution < 1.29 is 0 Å². The predicted octanol–water partition coefficient (Wildman–Crippen LogP) is 14.6. The van der Waals surface area contributed by atoms with Crippen molar-refractivity contribution in [3.8, 4) is 22.3 Å². The minimum absolute atomic E-state index is 0.372.